The molecule has 146 valence electrons. The molecule has 1 amide bonds. The van der Waals surface area contributed by atoms with Gasteiger partial charge in [-0.1, -0.05) is 35.9 Å². The van der Waals surface area contributed by atoms with Gasteiger partial charge >= 0.3 is 0 Å². The SMILES string of the molecule is Cc1ccc(Cl)cc1N([C@H](C)C(=O)NCCSc1ccccc1)S(C)(=O)=O. The highest BCUT2D eigenvalue weighted by atomic mass is 35.5. The lowest BCUT2D eigenvalue weighted by molar-refractivity contribution is -0.121. The van der Waals surface area contributed by atoms with Crippen LogP contribution in [-0.4, -0.2) is 38.9 Å². The fraction of sp³-hybridized carbons (Fsp3) is 0.316. The lowest BCUT2D eigenvalue weighted by Gasteiger charge is -2.29. The Hall–Kier alpha value is -1.70. The summed E-state index contributed by atoms with van der Waals surface area (Å²) < 4.78 is 25.8. The monoisotopic (exact) mass is 426 g/mol. The number of nitrogens with zero attached hydrogens (tertiary/aromatic N) is 1. The lowest BCUT2D eigenvalue weighted by atomic mass is 10.2. The molecule has 0 saturated carbocycles. The third kappa shape index (κ3) is 6.16. The summed E-state index contributed by atoms with van der Waals surface area (Å²) in [6.07, 6.45) is 1.09. The fourth-order valence-electron chi connectivity index (χ4n) is 2.61. The Bertz CT molecular complexity index is 889. The van der Waals surface area contributed by atoms with Gasteiger partial charge in [-0.05, 0) is 43.7 Å². The van der Waals surface area contributed by atoms with Gasteiger partial charge in [-0.15, -0.1) is 11.8 Å². The van der Waals surface area contributed by atoms with Crippen LogP contribution in [0.25, 0.3) is 0 Å². The second-order valence-corrected chi connectivity index (χ2v) is 9.58. The first-order chi connectivity index (χ1) is 12.7. The van der Waals surface area contributed by atoms with E-state index in [2.05, 4.69) is 5.32 Å². The number of rotatable bonds is 8. The summed E-state index contributed by atoms with van der Waals surface area (Å²) in [5.41, 5.74) is 1.13. The highest BCUT2D eigenvalue weighted by molar-refractivity contribution is 7.99. The number of aryl methyl sites for hydroxylation is 1. The van der Waals surface area contributed by atoms with Crippen LogP contribution in [-0.2, 0) is 14.8 Å². The van der Waals surface area contributed by atoms with Gasteiger partial charge in [-0.25, -0.2) is 8.42 Å². The Morgan fingerprint density at radius 1 is 1.22 bits per heavy atom. The molecule has 0 bridgehead atoms. The average molecular weight is 427 g/mol. The predicted molar refractivity (Wildman–Crippen MR) is 113 cm³/mol. The van der Waals surface area contributed by atoms with E-state index in [-0.39, 0.29) is 5.91 Å². The Morgan fingerprint density at radius 3 is 2.52 bits per heavy atom. The summed E-state index contributed by atoms with van der Waals surface area (Å²) in [5, 5.41) is 3.22. The first kappa shape index (κ1) is 21.6. The van der Waals surface area contributed by atoms with Gasteiger partial charge in [-0.3, -0.25) is 9.10 Å². The van der Waals surface area contributed by atoms with E-state index < -0.39 is 16.1 Å². The second-order valence-electron chi connectivity index (χ2n) is 6.12. The number of carbonyl (C=O) groups is 1. The largest absolute Gasteiger partial charge is 0.353 e. The number of benzene rings is 2. The van der Waals surface area contributed by atoms with Gasteiger partial charge in [0, 0.05) is 22.2 Å². The third-order valence-electron chi connectivity index (χ3n) is 3.91. The molecular formula is C19H23ClN2O3S2. The van der Waals surface area contributed by atoms with Crippen molar-refractivity contribution >= 4 is 45.0 Å². The number of hydrogen-bond acceptors (Lipinski definition) is 4. The van der Waals surface area contributed by atoms with Crippen molar-refractivity contribution in [1.29, 1.82) is 0 Å². The first-order valence-corrected chi connectivity index (χ1v) is 11.6. The topological polar surface area (TPSA) is 66.5 Å². The maximum absolute atomic E-state index is 12.6. The molecule has 0 unspecified atom stereocenters. The van der Waals surface area contributed by atoms with Crippen LogP contribution in [0.5, 0.6) is 0 Å². The normalized spacial score (nSPS) is 12.4. The number of thioether (sulfide) groups is 1. The minimum absolute atomic E-state index is 0.353. The Kier molecular flexibility index (Phi) is 7.59. The standard InChI is InChI=1S/C19H23ClN2O3S2/c1-14-9-10-16(20)13-18(14)22(27(3,24)25)15(2)19(23)21-11-12-26-17-7-5-4-6-8-17/h4-10,13,15H,11-12H2,1-3H3,(H,21,23)/t15-/m1/s1. The van der Waals surface area contributed by atoms with E-state index in [0.29, 0.717) is 23.0 Å². The van der Waals surface area contributed by atoms with Crippen LogP contribution >= 0.6 is 23.4 Å². The van der Waals surface area contributed by atoms with Crippen LogP contribution in [0.1, 0.15) is 12.5 Å². The number of hydrogen-bond donors (Lipinski definition) is 1. The molecule has 0 aliphatic carbocycles. The highest BCUT2D eigenvalue weighted by Crippen LogP contribution is 2.28. The van der Waals surface area contributed by atoms with Gasteiger partial charge in [0.1, 0.15) is 6.04 Å². The molecule has 5 nitrogen and oxygen atoms in total. The molecule has 0 heterocycles. The second kappa shape index (κ2) is 9.48. The van der Waals surface area contributed by atoms with Gasteiger partial charge in [0.2, 0.25) is 15.9 Å². The minimum Gasteiger partial charge on any atom is -0.353 e. The van der Waals surface area contributed by atoms with Gasteiger partial charge in [0.25, 0.3) is 0 Å². The molecule has 0 fully saturated rings. The van der Waals surface area contributed by atoms with Crippen molar-refractivity contribution < 1.29 is 13.2 Å². The van der Waals surface area contributed by atoms with Crippen molar-refractivity contribution in [3.8, 4) is 0 Å². The van der Waals surface area contributed by atoms with Crippen molar-refractivity contribution in [3.63, 3.8) is 0 Å². The van der Waals surface area contributed by atoms with Crippen molar-refractivity contribution in [3.05, 3.63) is 59.1 Å². The molecular weight excluding hydrogens is 404 g/mol. The summed E-state index contributed by atoms with van der Waals surface area (Å²) >= 11 is 7.66. The summed E-state index contributed by atoms with van der Waals surface area (Å²) in [5.74, 6) is 0.339. The molecule has 2 rings (SSSR count). The van der Waals surface area contributed by atoms with E-state index in [4.69, 9.17) is 11.6 Å². The molecule has 0 saturated heterocycles. The van der Waals surface area contributed by atoms with Crippen molar-refractivity contribution in [1.82, 2.24) is 5.32 Å². The smallest absolute Gasteiger partial charge is 0.243 e. The zero-order chi connectivity index (χ0) is 20.0. The molecule has 2 aromatic rings. The fourth-order valence-corrected chi connectivity index (χ4v) is 4.79. The van der Waals surface area contributed by atoms with E-state index in [1.165, 1.54) is 0 Å². The lowest BCUT2D eigenvalue weighted by Crippen LogP contribution is -2.48. The molecule has 2 aromatic carbocycles. The van der Waals surface area contributed by atoms with Crippen molar-refractivity contribution in [2.24, 2.45) is 0 Å². The van der Waals surface area contributed by atoms with Crippen LogP contribution in [0.4, 0.5) is 5.69 Å². The Balaban J connectivity index is 2.05. The number of amides is 1. The first-order valence-electron chi connectivity index (χ1n) is 8.41. The molecule has 0 aromatic heterocycles. The van der Waals surface area contributed by atoms with Gasteiger partial charge < -0.3 is 5.32 Å². The molecule has 0 aliphatic heterocycles. The zero-order valence-corrected chi connectivity index (χ0v) is 17.9. The van der Waals surface area contributed by atoms with Crippen LogP contribution in [0.15, 0.2) is 53.4 Å². The van der Waals surface area contributed by atoms with E-state index in [9.17, 15) is 13.2 Å². The van der Waals surface area contributed by atoms with Crippen LogP contribution in [0.3, 0.4) is 0 Å². The molecule has 0 spiro atoms. The minimum atomic E-state index is -3.67. The average Bonchev–Trinajstić information content (AvgIpc) is 2.61. The maximum atomic E-state index is 12.6. The van der Waals surface area contributed by atoms with Gasteiger partial charge in [0.05, 0.1) is 11.9 Å². The quantitative estimate of drug-likeness (QED) is 0.516. The van der Waals surface area contributed by atoms with Gasteiger partial charge in [0.15, 0.2) is 0 Å². The summed E-state index contributed by atoms with van der Waals surface area (Å²) in [6, 6.07) is 14.0. The van der Waals surface area contributed by atoms with Crippen LogP contribution < -0.4 is 9.62 Å². The molecule has 0 radical (unpaired) electrons. The molecule has 1 atom stereocenters. The van der Waals surface area contributed by atoms with Crippen LogP contribution in [0, 0.1) is 6.92 Å². The zero-order valence-electron chi connectivity index (χ0n) is 15.5. The highest BCUT2D eigenvalue weighted by Gasteiger charge is 2.30. The number of halogens is 1. The molecule has 0 aliphatic rings. The number of anilines is 1. The summed E-state index contributed by atoms with van der Waals surface area (Å²) in [6.45, 7) is 3.79. The molecule has 8 heteroatoms. The van der Waals surface area contributed by atoms with Crippen molar-refractivity contribution in [2.45, 2.75) is 24.8 Å². The number of sulfonamides is 1. The van der Waals surface area contributed by atoms with E-state index in [0.717, 1.165) is 21.0 Å². The molecule has 1 N–H and O–H groups in total. The predicted octanol–water partition coefficient (Wildman–Crippen LogP) is 3.71. The number of carbonyl (C=O) groups excluding carboxylic acids is 1. The number of nitrogens with one attached hydrogen (secondary N) is 1. The molecule has 27 heavy (non-hydrogen) atoms. The van der Waals surface area contributed by atoms with E-state index in [1.54, 1.807) is 43.8 Å². The summed E-state index contributed by atoms with van der Waals surface area (Å²) in [7, 11) is -3.67. The Morgan fingerprint density at radius 2 is 1.89 bits per heavy atom. The van der Waals surface area contributed by atoms with E-state index in [1.807, 2.05) is 30.3 Å². The Labute approximate surface area is 170 Å². The third-order valence-corrected chi connectivity index (χ3v) is 6.39. The van der Waals surface area contributed by atoms with E-state index >= 15 is 0 Å². The van der Waals surface area contributed by atoms with Crippen molar-refractivity contribution in [2.75, 3.05) is 22.9 Å². The summed E-state index contributed by atoms with van der Waals surface area (Å²) in [4.78, 5) is 13.7. The maximum Gasteiger partial charge on any atom is 0.243 e. The van der Waals surface area contributed by atoms with Crippen LogP contribution in [0.2, 0.25) is 5.02 Å². The van der Waals surface area contributed by atoms with Gasteiger partial charge in [-0.2, -0.15) is 0 Å².